The third-order valence-electron chi connectivity index (χ3n) is 6.05. The van der Waals surface area contributed by atoms with Crippen molar-refractivity contribution in [2.75, 3.05) is 10.2 Å². The number of hydrogen-bond donors (Lipinski definition) is 2. The lowest BCUT2D eigenvalue weighted by Gasteiger charge is -2.25. The minimum Gasteiger partial charge on any atom is -0.481 e. The van der Waals surface area contributed by atoms with E-state index in [9.17, 15) is 23.1 Å². The molecule has 1 heterocycles. The molecule has 36 heavy (non-hydrogen) atoms. The molecule has 0 spiro atoms. The number of carbonyl (C=O) groups is 1. The van der Waals surface area contributed by atoms with E-state index in [0.29, 0.717) is 18.4 Å². The van der Waals surface area contributed by atoms with Crippen molar-refractivity contribution in [3.8, 4) is 0 Å². The molecule has 2 aromatic carbocycles. The van der Waals surface area contributed by atoms with Gasteiger partial charge in [-0.15, -0.1) is 0 Å². The number of anilines is 2. The molecule has 0 aliphatic heterocycles. The quantitative estimate of drug-likeness (QED) is 0.328. The van der Waals surface area contributed by atoms with Gasteiger partial charge >= 0.3 is 12.1 Å². The van der Waals surface area contributed by atoms with Gasteiger partial charge in [-0.1, -0.05) is 42.5 Å². The molecule has 3 aromatic rings. The summed E-state index contributed by atoms with van der Waals surface area (Å²) < 4.78 is 54.3. The lowest BCUT2D eigenvalue weighted by Crippen LogP contribution is -2.29. The largest absolute Gasteiger partial charge is 0.481 e. The first-order valence-corrected chi connectivity index (χ1v) is 11.7. The summed E-state index contributed by atoms with van der Waals surface area (Å²) in [5.74, 6) is -1.80. The van der Waals surface area contributed by atoms with Crippen LogP contribution in [0.1, 0.15) is 42.4 Å². The topological polar surface area (TPSA) is 78.3 Å². The summed E-state index contributed by atoms with van der Waals surface area (Å²) in [5, 5.41) is 12.3. The third kappa shape index (κ3) is 6.71. The number of halogens is 4. The van der Waals surface area contributed by atoms with Crippen LogP contribution in [0.5, 0.6) is 0 Å². The second kappa shape index (κ2) is 10.9. The van der Waals surface area contributed by atoms with Crippen LogP contribution in [0.4, 0.5) is 29.2 Å². The fraction of sp³-hybridized carbons (Fsp3) is 0.346. The molecule has 1 atom stereocenters. The normalized spacial score (nSPS) is 14.3. The van der Waals surface area contributed by atoms with Gasteiger partial charge in [0.05, 0.1) is 12.0 Å². The van der Waals surface area contributed by atoms with E-state index in [4.69, 9.17) is 0 Å². The van der Waals surface area contributed by atoms with Crippen LogP contribution in [-0.4, -0.2) is 33.1 Å². The standard InChI is InChI=1S/C26H26F4N4O2/c27-23-24(33-20(14-22(35)36)11-8-17-4-2-1-3-5-17)31-16-32-25(23)34(21-12-13-21)15-18-6-9-19(10-7-18)26(28,29)30/h1-7,9-10,16,20-21H,8,11-15H2,(H,35,36)(H,31,32,33). The molecule has 0 saturated heterocycles. The van der Waals surface area contributed by atoms with Gasteiger partial charge in [-0.05, 0) is 48.9 Å². The van der Waals surface area contributed by atoms with Crippen molar-refractivity contribution in [1.29, 1.82) is 0 Å². The van der Waals surface area contributed by atoms with Gasteiger partial charge in [0, 0.05) is 18.6 Å². The van der Waals surface area contributed by atoms with E-state index in [2.05, 4.69) is 15.3 Å². The summed E-state index contributed by atoms with van der Waals surface area (Å²) in [5.41, 5.74) is 0.882. The minimum absolute atomic E-state index is 0.0115. The molecule has 1 saturated carbocycles. The zero-order valence-corrected chi connectivity index (χ0v) is 19.4. The average molecular weight is 503 g/mol. The van der Waals surface area contributed by atoms with Gasteiger partial charge in [0.25, 0.3) is 0 Å². The molecule has 1 fully saturated rings. The maximum Gasteiger partial charge on any atom is 0.416 e. The summed E-state index contributed by atoms with van der Waals surface area (Å²) >= 11 is 0. The zero-order chi connectivity index (χ0) is 25.7. The van der Waals surface area contributed by atoms with Gasteiger partial charge < -0.3 is 15.3 Å². The van der Waals surface area contributed by atoms with Crippen molar-refractivity contribution in [1.82, 2.24) is 9.97 Å². The van der Waals surface area contributed by atoms with E-state index < -0.39 is 29.6 Å². The highest BCUT2D eigenvalue weighted by Crippen LogP contribution is 2.35. The lowest BCUT2D eigenvalue weighted by atomic mass is 10.0. The number of aromatic nitrogens is 2. The summed E-state index contributed by atoms with van der Waals surface area (Å²) in [6.07, 6.45) is -0.764. The maximum atomic E-state index is 15.6. The van der Waals surface area contributed by atoms with Crippen LogP contribution >= 0.6 is 0 Å². The molecule has 2 N–H and O–H groups in total. The molecule has 1 aliphatic rings. The molecule has 0 radical (unpaired) electrons. The molecule has 0 bridgehead atoms. The van der Waals surface area contributed by atoms with Crippen molar-refractivity contribution in [3.63, 3.8) is 0 Å². The number of hydrogen-bond acceptors (Lipinski definition) is 5. The van der Waals surface area contributed by atoms with E-state index in [1.807, 2.05) is 30.3 Å². The van der Waals surface area contributed by atoms with E-state index in [1.165, 1.54) is 18.5 Å². The Bertz CT molecular complexity index is 1170. The van der Waals surface area contributed by atoms with E-state index in [1.54, 1.807) is 4.90 Å². The van der Waals surface area contributed by atoms with Crippen LogP contribution in [0, 0.1) is 5.82 Å². The lowest BCUT2D eigenvalue weighted by molar-refractivity contribution is -0.138. The van der Waals surface area contributed by atoms with Crippen molar-refractivity contribution >= 4 is 17.6 Å². The molecule has 1 unspecified atom stereocenters. The Balaban J connectivity index is 1.51. The van der Waals surface area contributed by atoms with Gasteiger partial charge in [0.15, 0.2) is 11.6 Å². The Labute approximate surface area is 206 Å². The van der Waals surface area contributed by atoms with E-state index >= 15 is 4.39 Å². The van der Waals surface area contributed by atoms with Gasteiger partial charge in [-0.3, -0.25) is 4.79 Å². The number of carboxylic acids is 1. The summed E-state index contributed by atoms with van der Waals surface area (Å²) in [6, 6.07) is 13.8. The minimum atomic E-state index is -4.43. The Kier molecular flexibility index (Phi) is 7.71. The molecular formula is C26H26F4N4O2. The first-order valence-electron chi connectivity index (χ1n) is 11.7. The summed E-state index contributed by atoms with van der Waals surface area (Å²) in [4.78, 5) is 21.3. The molecule has 190 valence electrons. The average Bonchev–Trinajstić information content (AvgIpc) is 3.68. The number of alkyl halides is 3. The van der Waals surface area contributed by atoms with E-state index in [-0.39, 0.29) is 30.6 Å². The second-order valence-electron chi connectivity index (χ2n) is 8.88. The summed E-state index contributed by atoms with van der Waals surface area (Å²) in [7, 11) is 0. The van der Waals surface area contributed by atoms with Crippen molar-refractivity contribution < 1.29 is 27.5 Å². The smallest absolute Gasteiger partial charge is 0.416 e. The number of nitrogens with one attached hydrogen (secondary N) is 1. The summed E-state index contributed by atoms with van der Waals surface area (Å²) in [6.45, 7) is 0.183. The molecule has 1 aromatic heterocycles. The predicted octanol–water partition coefficient (Wildman–Crippen LogP) is 5.69. The first kappa shape index (κ1) is 25.4. The monoisotopic (exact) mass is 502 g/mol. The molecule has 0 amide bonds. The molecule has 4 rings (SSSR count). The van der Waals surface area contributed by atoms with E-state index in [0.717, 1.165) is 30.5 Å². The van der Waals surface area contributed by atoms with Crippen molar-refractivity contribution in [3.05, 3.63) is 83.4 Å². The van der Waals surface area contributed by atoms with Gasteiger partial charge in [0.1, 0.15) is 6.33 Å². The number of rotatable bonds is 11. The Morgan fingerprint density at radius 3 is 2.36 bits per heavy atom. The number of aliphatic carboxylic acids is 1. The highest BCUT2D eigenvalue weighted by molar-refractivity contribution is 5.68. The second-order valence-corrected chi connectivity index (χ2v) is 8.88. The van der Waals surface area contributed by atoms with Crippen LogP contribution in [-0.2, 0) is 23.9 Å². The number of carboxylic acid groups (broad SMARTS) is 1. The fourth-order valence-electron chi connectivity index (χ4n) is 4.04. The first-order chi connectivity index (χ1) is 17.2. The number of benzene rings is 2. The van der Waals surface area contributed by atoms with Crippen LogP contribution in [0.2, 0.25) is 0 Å². The van der Waals surface area contributed by atoms with Gasteiger partial charge in [-0.25, -0.2) is 9.97 Å². The fourth-order valence-corrected chi connectivity index (χ4v) is 4.04. The highest BCUT2D eigenvalue weighted by Gasteiger charge is 2.34. The van der Waals surface area contributed by atoms with Crippen molar-refractivity contribution in [2.45, 2.75) is 56.9 Å². The van der Waals surface area contributed by atoms with Gasteiger partial charge in [0.2, 0.25) is 5.82 Å². The Morgan fingerprint density at radius 2 is 1.75 bits per heavy atom. The molecular weight excluding hydrogens is 476 g/mol. The molecule has 6 nitrogen and oxygen atoms in total. The number of nitrogens with zero attached hydrogens (tertiary/aromatic N) is 3. The van der Waals surface area contributed by atoms with Crippen LogP contribution in [0.3, 0.4) is 0 Å². The van der Waals surface area contributed by atoms with Gasteiger partial charge in [-0.2, -0.15) is 17.6 Å². The third-order valence-corrected chi connectivity index (χ3v) is 6.05. The molecule has 10 heteroatoms. The highest BCUT2D eigenvalue weighted by atomic mass is 19.4. The van der Waals surface area contributed by atoms with Crippen LogP contribution < -0.4 is 10.2 Å². The molecule has 1 aliphatic carbocycles. The number of aryl methyl sites for hydroxylation is 1. The Hall–Kier alpha value is -3.69. The van der Waals surface area contributed by atoms with Crippen molar-refractivity contribution in [2.24, 2.45) is 0 Å². The SMILES string of the molecule is O=C(O)CC(CCc1ccccc1)Nc1ncnc(N(Cc2ccc(C(F)(F)F)cc2)C2CC2)c1F. The Morgan fingerprint density at radius 1 is 1.06 bits per heavy atom. The maximum absolute atomic E-state index is 15.6. The predicted molar refractivity (Wildman–Crippen MR) is 127 cm³/mol. The van der Waals surface area contributed by atoms with Crippen LogP contribution in [0.15, 0.2) is 60.9 Å². The zero-order valence-electron chi connectivity index (χ0n) is 19.4. The van der Waals surface area contributed by atoms with Crippen LogP contribution in [0.25, 0.3) is 0 Å².